The highest BCUT2D eigenvalue weighted by Gasteiger charge is 2.50. The van der Waals surface area contributed by atoms with Crippen molar-refractivity contribution in [1.29, 1.82) is 0 Å². The molecule has 3 rings (SSSR count). The second kappa shape index (κ2) is 9.01. The molecule has 0 bridgehead atoms. The highest BCUT2D eigenvalue weighted by atomic mass is 35.5. The lowest BCUT2D eigenvalue weighted by Crippen LogP contribution is -2.60. The van der Waals surface area contributed by atoms with Crippen molar-refractivity contribution in [2.24, 2.45) is 11.3 Å². The van der Waals surface area contributed by atoms with E-state index >= 15 is 0 Å². The minimum atomic E-state index is -1.08. The first-order valence-corrected chi connectivity index (χ1v) is 11.0. The van der Waals surface area contributed by atoms with Crippen LogP contribution in [0.25, 0.3) is 0 Å². The molecule has 2 aromatic rings. The van der Waals surface area contributed by atoms with Gasteiger partial charge in [-0.05, 0) is 36.1 Å². The van der Waals surface area contributed by atoms with Gasteiger partial charge < -0.3 is 15.3 Å². The molecule has 2 heterocycles. The molecule has 2 atom stereocenters. The number of hydrogen-bond acceptors (Lipinski definition) is 4. The summed E-state index contributed by atoms with van der Waals surface area (Å²) in [5, 5.41) is 19.1. The molecule has 1 aromatic carbocycles. The standard InChI is InChI=1S/C23H31ClN4O3/c1-16(2)20(26-19(29)14-28-12-5-11-25-28)21(30)27-13-10-23(31,22(3,4)15-27)17-6-8-18(24)9-7-17/h5-9,11-12,16,20,31H,10,13-15H2,1-4H3,(H,26,29). The van der Waals surface area contributed by atoms with Crippen LogP contribution in [0.2, 0.25) is 5.02 Å². The number of nitrogens with one attached hydrogen (secondary N) is 1. The van der Waals surface area contributed by atoms with Gasteiger partial charge in [0.05, 0.1) is 5.60 Å². The molecule has 31 heavy (non-hydrogen) atoms. The number of nitrogens with zero attached hydrogens (tertiary/aromatic N) is 3. The maximum absolute atomic E-state index is 13.3. The topological polar surface area (TPSA) is 87.5 Å². The zero-order valence-electron chi connectivity index (χ0n) is 18.5. The van der Waals surface area contributed by atoms with E-state index < -0.39 is 17.1 Å². The van der Waals surface area contributed by atoms with E-state index in [1.165, 1.54) is 4.68 Å². The third-order valence-corrected chi connectivity index (χ3v) is 6.45. The predicted molar refractivity (Wildman–Crippen MR) is 119 cm³/mol. The molecule has 7 nitrogen and oxygen atoms in total. The van der Waals surface area contributed by atoms with E-state index in [-0.39, 0.29) is 24.3 Å². The molecule has 1 aromatic heterocycles. The Kier molecular flexibility index (Phi) is 6.76. The normalized spacial score (nSPS) is 21.7. The zero-order valence-corrected chi connectivity index (χ0v) is 19.3. The Labute approximate surface area is 188 Å². The lowest BCUT2D eigenvalue weighted by molar-refractivity contribution is -0.156. The van der Waals surface area contributed by atoms with E-state index in [0.717, 1.165) is 5.56 Å². The molecule has 0 radical (unpaired) electrons. The second-order valence-corrected chi connectivity index (χ2v) is 9.69. The van der Waals surface area contributed by atoms with Gasteiger partial charge in [0.25, 0.3) is 0 Å². The van der Waals surface area contributed by atoms with Crippen LogP contribution in [0.3, 0.4) is 0 Å². The van der Waals surface area contributed by atoms with Gasteiger partial charge in [-0.15, -0.1) is 0 Å². The molecule has 8 heteroatoms. The SMILES string of the molecule is CC(C)C(NC(=O)Cn1cccn1)C(=O)N1CCC(O)(c2ccc(Cl)cc2)C(C)(C)C1. The Morgan fingerprint density at radius 3 is 2.48 bits per heavy atom. The average Bonchev–Trinajstić information content (AvgIpc) is 3.21. The maximum atomic E-state index is 13.3. The lowest BCUT2D eigenvalue weighted by Gasteiger charge is -2.51. The summed E-state index contributed by atoms with van der Waals surface area (Å²) in [6.07, 6.45) is 3.71. The van der Waals surface area contributed by atoms with E-state index in [2.05, 4.69) is 10.4 Å². The highest BCUT2D eigenvalue weighted by molar-refractivity contribution is 6.30. The molecule has 168 valence electrons. The third kappa shape index (κ3) is 4.93. The first kappa shape index (κ1) is 23.3. The third-order valence-electron chi connectivity index (χ3n) is 6.20. The van der Waals surface area contributed by atoms with Crippen molar-refractivity contribution in [2.75, 3.05) is 13.1 Å². The van der Waals surface area contributed by atoms with Crippen molar-refractivity contribution in [3.63, 3.8) is 0 Å². The van der Waals surface area contributed by atoms with Crippen molar-refractivity contribution in [2.45, 2.75) is 52.3 Å². The molecule has 1 aliphatic rings. The smallest absolute Gasteiger partial charge is 0.245 e. The summed E-state index contributed by atoms with van der Waals surface area (Å²) in [7, 11) is 0. The lowest BCUT2D eigenvalue weighted by atomic mass is 9.66. The number of aromatic nitrogens is 2. The number of likely N-dealkylation sites (tertiary alicyclic amines) is 1. The van der Waals surface area contributed by atoms with E-state index in [0.29, 0.717) is 24.5 Å². The number of amides is 2. The molecule has 1 saturated heterocycles. The van der Waals surface area contributed by atoms with Gasteiger partial charge in [-0.1, -0.05) is 51.4 Å². The van der Waals surface area contributed by atoms with Crippen LogP contribution < -0.4 is 5.32 Å². The summed E-state index contributed by atoms with van der Waals surface area (Å²) in [6, 6.07) is 8.33. The summed E-state index contributed by atoms with van der Waals surface area (Å²) in [5.41, 5.74) is -0.873. The Bertz CT molecular complexity index is 911. The maximum Gasteiger partial charge on any atom is 0.245 e. The summed E-state index contributed by atoms with van der Waals surface area (Å²) >= 11 is 6.01. The molecule has 0 saturated carbocycles. The minimum absolute atomic E-state index is 0.0608. The summed E-state index contributed by atoms with van der Waals surface area (Å²) in [5.74, 6) is -0.464. The van der Waals surface area contributed by atoms with Crippen molar-refractivity contribution in [3.05, 3.63) is 53.3 Å². The number of carbonyl (C=O) groups excluding carboxylic acids is 2. The van der Waals surface area contributed by atoms with E-state index in [1.54, 1.807) is 35.5 Å². The summed E-state index contributed by atoms with van der Waals surface area (Å²) in [6.45, 7) is 8.59. The van der Waals surface area contributed by atoms with Gasteiger partial charge in [0.15, 0.2) is 0 Å². The van der Waals surface area contributed by atoms with Crippen LogP contribution in [-0.2, 0) is 21.7 Å². The van der Waals surface area contributed by atoms with Crippen LogP contribution in [0, 0.1) is 11.3 Å². The van der Waals surface area contributed by atoms with Crippen LogP contribution in [0.5, 0.6) is 0 Å². The van der Waals surface area contributed by atoms with Gasteiger partial charge in [-0.3, -0.25) is 14.3 Å². The Hall–Kier alpha value is -2.38. The zero-order chi connectivity index (χ0) is 22.8. The van der Waals surface area contributed by atoms with Crippen molar-refractivity contribution in [3.8, 4) is 0 Å². The number of piperidine rings is 1. The van der Waals surface area contributed by atoms with E-state index in [4.69, 9.17) is 11.6 Å². The number of carbonyl (C=O) groups is 2. The number of rotatable bonds is 6. The fourth-order valence-electron chi connectivity index (χ4n) is 4.24. The van der Waals surface area contributed by atoms with Crippen molar-refractivity contribution < 1.29 is 14.7 Å². The average molecular weight is 447 g/mol. The number of halogens is 1. The van der Waals surface area contributed by atoms with Crippen LogP contribution in [0.1, 0.15) is 39.7 Å². The van der Waals surface area contributed by atoms with Gasteiger partial charge in [-0.25, -0.2) is 0 Å². The van der Waals surface area contributed by atoms with Crippen molar-refractivity contribution >= 4 is 23.4 Å². The Balaban J connectivity index is 1.72. The number of aliphatic hydroxyl groups is 1. The van der Waals surface area contributed by atoms with Crippen LogP contribution in [0.15, 0.2) is 42.7 Å². The molecule has 2 amide bonds. The molecule has 2 N–H and O–H groups in total. The van der Waals surface area contributed by atoms with Gasteiger partial charge in [-0.2, -0.15) is 5.10 Å². The summed E-state index contributed by atoms with van der Waals surface area (Å²) in [4.78, 5) is 27.6. The monoisotopic (exact) mass is 446 g/mol. The van der Waals surface area contributed by atoms with Gasteiger partial charge in [0, 0.05) is 35.9 Å². The van der Waals surface area contributed by atoms with Gasteiger partial charge in [0.1, 0.15) is 12.6 Å². The van der Waals surface area contributed by atoms with Crippen LogP contribution >= 0.6 is 11.6 Å². The molecule has 0 spiro atoms. The molecule has 0 aliphatic carbocycles. The summed E-state index contributed by atoms with van der Waals surface area (Å²) < 4.78 is 1.52. The Morgan fingerprint density at radius 2 is 1.94 bits per heavy atom. The quantitative estimate of drug-likeness (QED) is 0.714. The van der Waals surface area contributed by atoms with E-state index in [1.807, 2.05) is 39.8 Å². The fourth-order valence-corrected chi connectivity index (χ4v) is 4.37. The molecule has 2 unspecified atom stereocenters. The number of hydrogen-bond donors (Lipinski definition) is 2. The first-order valence-electron chi connectivity index (χ1n) is 10.6. The van der Waals surface area contributed by atoms with Gasteiger partial charge >= 0.3 is 0 Å². The second-order valence-electron chi connectivity index (χ2n) is 9.25. The first-order chi connectivity index (χ1) is 14.5. The van der Waals surface area contributed by atoms with Crippen LogP contribution in [-0.4, -0.2) is 50.7 Å². The number of benzene rings is 1. The fraction of sp³-hybridized carbons (Fsp3) is 0.522. The molecule has 1 fully saturated rings. The molecular weight excluding hydrogens is 416 g/mol. The highest BCUT2D eigenvalue weighted by Crippen LogP contribution is 2.46. The van der Waals surface area contributed by atoms with Crippen molar-refractivity contribution in [1.82, 2.24) is 20.0 Å². The largest absolute Gasteiger partial charge is 0.384 e. The predicted octanol–water partition coefficient (Wildman–Crippen LogP) is 2.82. The van der Waals surface area contributed by atoms with Crippen LogP contribution in [0.4, 0.5) is 0 Å². The van der Waals surface area contributed by atoms with Gasteiger partial charge in [0.2, 0.25) is 11.8 Å². The Morgan fingerprint density at radius 1 is 1.26 bits per heavy atom. The minimum Gasteiger partial charge on any atom is -0.384 e. The van der Waals surface area contributed by atoms with E-state index in [9.17, 15) is 14.7 Å². The molecule has 1 aliphatic heterocycles. The molecular formula is C23H31ClN4O3.